The maximum atomic E-state index is 11.5. The van der Waals surface area contributed by atoms with Crippen LogP contribution in [0.3, 0.4) is 0 Å². The number of hydrogen-bond acceptors (Lipinski definition) is 3. The van der Waals surface area contributed by atoms with Crippen molar-refractivity contribution in [2.45, 2.75) is 47.5 Å². The van der Waals surface area contributed by atoms with Gasteiger partial charge in [0.05, 0.1) is 6.61 Å². The van der Waals surface area contributed by atoms with E-state index in [2.05, 4.69) is 0 Å². The maximum Gasteiger partial charge on any atom is 0.313 e. The number of hydrogen-bond donors (Lipinski definition) is 0. The van der Waals surface area contributed by atoms with Crippen molar-refractivity contribution >= 4 is 11.8 Å². The molecule has 0 aliphatic rings. The summed E-state index contributed by atoms with van der Waals surface area (Å²) >= 11 is 0. The molecule has 0 aromatic heterocycles. The fraction of sp³-hybridized carbons (Fsp3) is 0.571. The third-order valence-electron chi connectivity index (χ3n) is 1.78. The van der Waals surface area contributed by atoms with Gasteiger partial charge in [0.25, 0.3) is 0 Å². The first-order valence-electron chi connectivity index (χ1n) is 6.17. The average Bonchev–Trinajstić information content (AvgIpc) is 2.33. The summed E-state index contributed by atoms with van der Waals surface area (Å²) < 4.78 is 4.70. The summed E-state index contributed by atoms with van der Waals surface area (Å²) in [5, 5.41) is 0. The van der Waals surface area contributed by atoms with Crippen molar-refractivity contribution in [2.75, 3.05) is 6.61 Å². The maximum absolute atomic E-state index is 11.5. The lowest BCUT2D eigenvalue weighted by Crippen LogP contribution is -2.12. The number of Topliss-reactive ketones (excluding diaryl/α,β-unsaturated/α-hetero) is 1. The van der Waals surface area contributed by atoms with Crippen molar-refractivity contribution in [2.24, 2.45) is 0 Å². The third kappa shape index (κ3) is 9.54. The van der Waals surface area contributed by atoms with Crippen LogP contribution in [0.4, 0.5) is 0 Å². The SMILES string of the molecule is C/C=C(\C=C/CC)C(=O)CC(=O)OCC.CC. The highest BCUT2D eigenvalue weighted by Gasteiger charge is 2.12. The molecule has 17 heavy (non-hydrogen) atoms. The fourth-order valence-electron chi connectivity index (χ4n) is 1.04. The van der Waals surface area contributed by atoms with E-state index >= 15 is 0 Å². The molecule has 0 aliphatic heterocycles. The average molecular weight is 240 g/mol. The van der Waals surface area contributed by atoms with Gasteiger partial charge in [0.15, 0.2) is 5.78 Å². The normalized spacial score (nSPS) is 10.8. The number of ether oxygens (including phenoxy) is 1. The Labute approximate surface area is 105 Å². The van der Waals surface area contributed by atoms with E-state index in [1.54, 1.807) is 26.0 Å². The van der Waals surface area contributed by atoms with Gasteiger partial charge >= 0.3 is 5.97 Å². The zero-order valence-corrected chi connectivity index (χ0v) is 11.6. The van der Waals surface area contributed by atoms with Gasteiger partial charge in [-0.05, 0) is 20.3 Å². The molecule has 0 bridgehead atoms. The molecule has 0 atom stereocenters. The molecular weight excluding hydrogens is 216 g/mol. The first-order valence-corrected chi connectivity index (χ1v) is 6.17. The van der Waals surface area contributed by atoms with Crippen LogP contribution in [-0.4, -0.2) is 18.4 Å². The van der Waals surface area contributed by atoms with Crippen molar-refractivity contribution in [1.29, 1.82) is 0 Å². The molecule has 0 aromatic carbocycles. The number of allylic oxidation sites excluding steroid dienone is 4. The number of esters is 1. The predicted octanol–water partition coefficient (Wildman–Crippen LogP) is 3.45. The lowest BCUT2D eigenvalue weighted by atomic mass is 10.1. The molecular formula is C14H24O3. The molecule has 0 rings (SSSR count). The molecule has 98 valence electrons. The van der Waals surface area contributed by atoms with E-state index in [1.807, 2.05) is 26.8 Å². The van der Waals surface area contributed by atoms with E-state index < -0.39 is 5.97 Å². The molecule has 0 saturated carbocycles. The third-order valence-corrected chi connectivity index (χ3v) is 1.78. The van der Waals surface area contributed by atoms with E-state index in [1.165, 1.54) is 0 Å². The van der Waals surface area contributed by atoms with E-state index in [0.717, 1.165) is 6.42 Å². The number of ketones is 1. The molecule has 0 heterocycles. The Hall–Kier alpha value is -1.38. The van der Waals surface area contributed by atoms with Crippen LogP contribution in [0, 0.1) is 0 Å². The van der Waals surface area contributed by atoms with Crippen LogP contribution in [0.1, 0.15) is 47.5 Å². The van der Waals surface area contributed by atoms with Crippen LogP contribution in [0.15, 0.2) is 23.8 Å². The summed E-state index contributed by atoms with van der Waals surface area (Å²) in [5.41, 5.74) is 0.560. The first kappa shape index (κ1) is 18.0. The van der Waals surface area contributed by atoms with Crippen molar-refractivity contribution in [3.8, 4) is 0 Å². The summed E-state index contributed by atoms with van der Waals surface area (Å²) in [7, 11) is 0. The summed E-state index contributed by atoms with van der Waals surface area (Å²) in [5.74, 6) is -0.660. The van der Waals surface area contributed by atoms with Crippen molar-refractivity contribution in [1.82, 2.24) is 0 Å². The summed E-state index contributed by atoms with van der Waals surface area (Å²) in [6.45, 7) is 9.79. The van der Waals surface area contributed by atoms with Gasteiger partial charge in [-0.15, -0.1) is 0 Å². The van der Waals surface area contributed by atoms with E-state index in [9.17, 15) is 9.59 Å². The largest absolute Gasteiger partial charge is 0.466 e. The van der Waals surface area contributed by atoms with Gasteiger partial charge in [0.2, 0.25) is 0 Å². The quantitative estimate of drug-likeness (QED) is 0.309. The van der Waals surface area contributed by atoms with Gasteiger partial charge in [0, 0.05) is 5.57 Å². The number of carbonyl (C=O) groups is 2. The van der Waals surface area contributed by atoms with Gasteiger partial charge < -0.3 is 4.74 Å². The monoisotopic (exact) mass is 240 g/mol. The molecule has 0 unspecified atom stereocenters. The van der Waals surface area contributed by atoms with Crippen LogP contribution >= 0.6 is 0 Å². The summed E-state index contributed by atoms with van der Waals surface area (Å²) in [4.78, 5) is 22.6. The van der Waals surface area contributed by atoms with Gasteiger partial charge in [-0.25, -0.2) is 0 Å². The lowest BCUT2D eigenvalue weighted by Gasteiger charge is -2.01. The molecule has 0 aromatic rings. The highest BCUT2D eigenvalue weighted by Crippen LogP contribution is 2.04. The Morgan fingerprint density at radius 1 is 1.18 bits per heavy atom. The van der Waals surface area contributed by atoms with E-state index in [4.69, 9.17) is 4.74 Å². The smallest absolute Gasteiger partial charge is 0.313 e. The van der Waals surface area contributed by atoms with Crippen molar-refractivity contribution < 1.29 is 14.3 Å². The minimum atomic E-state index is -0.466. The highest BCUT2D eigenvalue weighted by molar-refractivity contribution is 6.07. The molecule has 0 fully saturated rings. The fourth-order valence-corrected chi connectivity index (χ4v) is 1.04. The molecule has 3 nitrogen and oxygen atoms in total. The number of rotatable bonds is 6. The molecule has 0 aliphatic carbocycles. The minimum Gasteiger partial charge on any atom is -0.466 e. The Morgan fingerprint density at radius 3 is 2.18 bits per heavy atom. The Bertz CT molecular complexity index is 275. The van der Waals surface area contributed by atoms with E-state index in [0.29, 0.717) is 12.2 Å². The predicted molar refractivity (Wildman–Crippen MR) is 70.8 cm³/mol. The van der Waals surface area contributed by atoms with Crippen LogP contribution in [-0.2, 0) is 14.3 Å². The Balaban J connectivity index is 0. The second-order valence-corrected chi connectivity index (χ2v) is 2.96. The minimum absolute atomic E-state index is 0.179. The molecule has 0 saturated heterocycles. The topological polar surface area (TPSA) is 43.4 Å². The van der Waals surface area contributed by atoms with Crippen LogP contribution in [0.25, 0.3) is 0 Å². The zero-order valence-electron chi connectivity index (χ0n) is 11.6. The highest BCUT2D eigenvalue weighted by atomic mass is 16.5. The van der Waals surface area contributed by atoms with Crippen molar-refractivity contribution in [3.05, 3.63) is 23.8 Å². The Kier molecular flexibility index (Phi) is 13.4. The van der Waals surface area contributed by atoms with Gasteiger partial charge in [-0.1, -0.05) is 39.0 Å². The summed E-state index contributed by atoms with van der Waals surface area (Å²) in [6, 6.07) is 0. The van der Waals surface area contributed by atoms with E-state index in [-0.39, 0.29) is 12.2 Å². The molecule has 0 radical (unpaired) electrons. The molecule has 0 amide bonds. The van der Waals surface area contributed by atoms with Gasteiger partial charge in [-0.3, -0.25) is 9.59 Å². The lowest BCUT2D eigenvalue weighted by molar-refractivity contribution is -0.144. The van der Waals surface area contributed by atoms with Crippen LogP contribution in [0.5, 0.6) is 0 Å². The van der Waals surface area contributed by atoms with Gasteiger partial charge in [-0.2, -0.15) is 0 Å². The van der Waals surface area contributed by atoms with Gasteiger partial charge in [0.1, 0.15) is 6.42 Å². The van der Waals surface area contributed by atoms with Crippen LogP contribution < -0.4 is 0 Å². The number of carbonyl (C=O) groups excluding carboxylic acids is 2. The second-order valence-electron chi connectivity index (χ2n) is 2.96. The first-order chi connectivity index (χ1) is 8.15. The Morgan fingerprint density at radius 2 is 1.76 bits per heavy atom. The zero-order chi connectivity index (χ0) is 13.7. The standard InChI is InChI=1S/C12H18O3.C2H6/c1-4-7-8-10(5-2)11(13)9-12(14)15-6-3;1-2/h5,7-8H,4,6,9H2,1-3H3;1-2H3/b8-7-,10-5+;. The summed E-state index contributed by atoms with van der Waals surface area (Å²) in [6.07, 6.45) is 6.01. The van der Waals surface area contributed by atoms with Crippen LogP contribution in [0.2, 0.25) is 0 Å². The molecule has 0 N–H and O–H groups in total. The second kappa shape index (κ2) is 12.7. The molecule has 3 heteroatoms. The van der Waals surface area contributed by atoms with Crippen molar-refractivity contribution in [3.63, 3.8) is 0 Å². The molecule has 0 spiro atoms.